The molecule has 1 saturated heterocycles. The summed E-state index contributed by atoms with van der Waals surface area (Å²) in [5.74, 6) is 0.409. The van der Waals surface area contributed by atoms with Gasteiger partial charge < -0.3 is 15.4 Å². The molecule has 0 spiro atoms. The second kappa shape index (κ2) is 10.8. The lowest BCUT2D eigenvalue weighted by atomic mass is 9.70. The van der Waals surface area contributed by atoms with E-state index in [1.54, 1.807) is 12.4 Å². The highest BCUT2D eigenvalue weighted by atomic mass is 16.5. The van der Waals surface area contributed by atoms with Crippen LogP contribution in [0.4, 0.5) is 5.69 Å². The summed E-state index contributed by atoms with van der Waals surface area (Å²) in [7, 11) is 0. The van der Waals surface area contributed by atoms with E-state index in [2.05, 4.69) is 20.5 Å². The Kier molecular flexibility index (Phi) is 8.10. The molecule has 1 saturated carbocycles. The lowest BCUT2D eigenvalue weighted by Crippen LogP contribution is -2.64. The van der Waals surface area contributed by atoms with E-state index in [1.807, 2.05) is 19.1 Å². The lowest BCUT2D eigenvalue weighted by molar-refractivity contribution is -0.165. The van der Waals surface area contributed by atoms with E-state index in [0.29, 0.717) is 12.5 Å². The van der Waals surface area contributed by atoms with E-state index in [-0.39, 0.29) is 5.97 Å². The van der Waals surface area contributed by atoms with Crippen LogP contribution in [0.2, 0.25) is 0 Å². The monoisotopic (exact) mass is 388 g/mol. The quantitative estimate of drug-likeness (QED) is 0.501. The average molecular weight is 389 g/mol. The first-order valence-corrected chi connectivity index (χ1v) is 11.0. The van der Waals surface area contributed by atoms with E-state index >= 15 is 0 Å². The maximum Gasteiger partial charge on any atom is 0.326 e. The maximum absolute atomic E-state index is 13.4. The zero-order chi connectivity index (χ0) is 19.7. The third-order valence-corrected chi connectivity index (χ3v) is 6.33. The molecule has 0 bridgehead atoms. The summed E-state index contributed by atoms with van der Waals surface area (Å²) in [4.78, 5) is 19.9. The number of carbonyl (C=O) groups excluding carboxylic acids is 1. The molecule has 1 atom stereocenters. The Hall–Kier alpha value is -1.66. The van der Waals surface area contributed by atoms with Crippen LogP contribution in [0.15, 0.2) is 24.5 Å². The number of pyridine rings is 1. The molecule has 0 aromatic carbocycles. The van der Waals surface area contributed by atoms with Crippen molar-refractivity contribution in [3.05, 3.63) is 24.5 Å². The fourth-order valence-corrected chi connectivity index (χ4v) is 4.98. The molecule has 156 valence electrons. The van der Waals surface area contributed by atoms with Crippen molar-refractivity contribution < 1.29 is 9.53 Å². The number of nitrogens with zero attached hydrogens (tertiary/aromatic N) is 2. The van der Waals surface area contributed by atoms with Gasteiger partial charge in [-0.15, -0.1) is 0 Å². The molecule has 0 radical (unpaired) electrons. The van der Waals surface area contributed by atoms with Crippen molar-refractivity contribution in [2.45, 2.75) is 57.4 Å². The van der Waals surface area contributed by atoms with Gasteiger partial charge in [0, 0.05) is 50.8 Å². The Labute approximate surface area is 169 Å². The molecule has 6 heteroatoms. The number of hydrogen-bond donors (Lipinski definition) is 2. The molecule has 1 aliphatic carbocycles. The summed E-state index contributed by atoms with van der Waals surface area (Å²) in [5.41, 5.74) is 0.606. The van der Waals surface area contributed by atoms with Crippen molar-refractivity contribution in [3.8, 4) is 0 Å². The third-order valence-electron chi connectivity index (χ3n) is 6.33. The van der Waals surface area contributed by atoms with Gasteiger partial charge in [0.1, 0.15) is 5.54 Å². The average Bonchev–Trinajstić information content (AvgIpc) is 2.76. The fraction of sp³-hybridized carbons (Fsp3) is 0.727. The second-order valence-electron chi connectivity index (χ2n) is 7.98. The summed E-state index contributed by atoms with van der Waals surface area (Å²) >= 11 is 0. The first kappa shape index (κ1) is 21.1. The molecule has 6 nitrogen and oxygen atoms in total. The number of nitrogens with one attached hydrogen (secondary N) is 2. The van der Waals surface area contributed by atoms with Gasteiger partial charge in [0.15, 0.2) is 0 Å². The van der Waals surface area contributed by atoms with Crippen molar-refractivity contribution in [2.75, 3.05) is 44.6 Å². The van der Waals surface area contributed by atoms with Crippen LogP contribution >= 0.6 is 0 Å². The third kappa shape index (κ3) is 5.03. The van der Waals surface area contributed by atoms with E-state index < -0.39 is 5.54 Å². The molecule has 1 aromatic heterocycles. The number of ether oxygens (including phenoxy) is 1. The Morgan fingerprint density at radius 2 is 1.96 bits per heavy atom. The molecule has 2 aliphatic rings. The maximum atomic E-state index is 13.4. The van der Waals surface area contributed by atoms with Gasteiger partial charge in [-0.1, -0.05) is 19.3 Å². The van der Waals surface area contributed by atoms with Crippen LogP contribution in [-0.2, 0) is 9.53 Å². The number of rotatable bonds is 9. The van der Waals surface area contributed by atoms with Crippen molar-refractivity contribution in [2.24, 2.45) is 5.92 Å². The number of hydrogen-bond acceptors (Lipinski definition) is 6. The summed E-state index contributed by atoms with van der Waals surface area (Å²) in [6, 6.07) is 3.96. The molecular weight excluding hydrogens is 352 g/mol. The van der Waals surface area contributed by atoms with Gasteiger partial charge in [0.05, 0.1) is 6.61 Å². The molecule has 2 fully saturated rings. The predicted molar refractivity (Wildman–Crippen MR) is 112 cm³/mol. The smallest absolute Gasteiger partial charge is 0.326 e. The SMILES string of the molecule is CCOC(=O)C(CCCNc1ccncc1)(C1CCCCC1)N1CCNCC1. The van der Waals surface area contributed by atoms with Crippen molar-refractivity contribution in [1.29, 1.82) is 0 Å². The second-order valence-corrected chi connectivity index (χ2v) is 7.98. The van der Waals surface area contributed by atoms with Gasteiger partial charge in [-0.25, -0.2) is 0 Å². The minimum absolute atomic E-state index is 0.00714. The van der Waals surface area contributed by atoms with Crippen molar-refractivity contribution in [1.82, 2.24) is 15.2 Å². The Balaban J connectivity index is 1.75. The van der Waals surface area contributed by atoms with Crippen LogP contribution in [0.3, 0.4) is 0 Å². The molecule has 0 amide bonds. The largest absolute Gasteiger partial charge is 0.465 e. The van der Waals surface area contributed by atoms with Crippen LogP contribution < -0.4 is 10.6 Å². The minimum Gasteiger partial charge on any atom is -0.465 e. The van der Waals surface area contributed by atoms with Gasteiger partial charge in [0.2, 0.25) is 0 Å². The molecule has 3 rings (SSSR count). The number of carbonyl (C=O) groups is 1. The highest BCUT2D eigenvalue weighted by Crippen LogP contribution is 2.41. The first-order valence-electron chi connectivity index (χ1n) is 11.0. The van der Waals surface area contributed by atoms with Gasteiger partial charge in [-0.2, -0.15) is 0 Å². The Bertz CT molecular complexity index is 565. The Morgan fingerprint density at radius 1 is 1.25 bits per heavy atom. The topological polar surface area (TPSA) is 66.5 Å². The van der Waals surface area contributed by atoms with Crippen LogP contribution in [-0.4, -0.2) is 60.7 Å². The van der Waals surface area contributed by atoms with Gasteiger partial charge in [0.25, 0.3) is 0 Å². The Morgan fingerprint density at radius 3 is 2.64 bits per heavy atom. The summed E-state index contributed by atoms with van der Waals surface area (Å²) in [6.45, 7) is 6.97. The highest BCUT2D eigenvalue weighted by molar-refractivity contribution is 5.81. The lowest BCUT2D eigenvalue weighted by Gasteiger charge is -2.49. The summed E-state index contributed by atoms with van der Waals surface area (Å²) < 4.78 is 5.70. The van der Waals surface area contributed by atoms with E-state index in [4.69, 9.17) is 4.74 Å². The summed E-state index contributed by atoms with van der Waals surface area (Å²) in [5, 5.41) is 6.91. The predicted octanol–water partition coefficient (Wildman–Crippen LogP) is 3.06. The fourth-order valence-electron chi connectivity index (χ4n) is 4.98. The molecule has 1 aromatic rings. The number of piperazine rings is 1. The summed E-state index contributed by atoms with van der Waals surface area (Å²) in [6.07, 6.45) is 11.4. The number of anilines is 1. The van der Waals surface area contributed by atoms with E-state index in [1.165, 1.54) is 19.3 Å². The number of esters is 1. The van der Waals surface area contributed by atoms with Gasteiger partial charge in [-0.3, -0.25) is 14.7 Å². The van der Waals surface area contributed by atoms with Gasteiger partial charge in [-0.05, 0) is 50.7 Å². The standard InChI is InChI=1S/C22H36N4O2/c1-2-28-21(27)22(19-7-4-3-5-8-19,26-17-15-24-16-18-26)11-6-12-25-20-9-13-23-14-10-20/h9-10,13-14,19,24H,2-8,11-12,15-18H2,1H3,(H,23,25). The minimum atomic E-state index is -0.474. The first-order chi connectivity index (χ1) is 13.8. The van der Waals surface area contributed by atoms with Crippen molar-refractivity contribution in [3.63, 3.8) is 0 Å². The van der Waals surface area contributed by atoms with E-state index in [0.717, 1.165) is 64.1 Å². The molecule has 2 N–H and O–H groups in total. The molecule has 2 heterocycles. The number of aromatic nitrogens is 1. The zero-order valence-corrected chi connectivity index (χ0v) is 17.3. The van der Waals surface area contributed by atoms with Gasteiger partial charge >= 0.3 is 5.97 Å². The van der Waals surface area contributed by atoms with Crippen LogP contribution in [0.25, 0.3) is 0 Å². The molecule has 1 aliphatic heterocycles. The normalized spacial score (nSPS) is 21.0. The molecule has 28 heavy (non-hydrogen) atoms. The van der Waals surface area contributed by atoms with Crippen LogP contribution in [0, 0.1) is 5.92 Å². The van der Waals surface area contributed by atoms with Crippen molar-refractivity contribution >= 4 is 11.7 Å². The molecule has 1 unspecified atom stereocenters. The van der Waals surface area contributed by atoms with E-state index in [9.17, 15) is 4.79 Å². The zero-order valence-electron chi connectivity index (χ0n) is 17.3. The highest BCUT2D eigenvalue weighted by Gasteiger charge is 2.51. The van der Waals surface area contributed by atoms with Crippen LogP contribution in [0.5, 0.6) is 0 Å². The van der Waals surface area contributed by atoms with Crippen LogP contribution in [0.1, 0.15) is 51.9 Å². The molecular formula is C22H36N4O2.